The van der Waals surface area contributed by atoms with Crippen LogP contribution in [-0.2, 0) is 0 Å². The Balaban J connectivity index is 2.99. The van der Waals surface area contributed by atoms with E-state index in [1.807, 2.05) is 0 Å². The lowest BCUT2D eigenvalue weighted by Crippen LogP contribution is -2.48. The lowest BCUT2D eigenvalue weighted by atomic mass is 9.69. The minimum Gasteiger partial charge on any atom is -0.316 e. The van der Waals surface area contributed by atoms with Gasteiger partial charge in [-0.2, -0.15) is 0 Å². The van der Waals surface area contributed by atoms with Crippen LogP contribution in [0.25, 0.3) is 0 Å². The summed E-state index contributed by atoms with van der Waals surface area (Å²) < 4.78 is 0. The Hall–Kier alpha value is -0.120. The molecule has 28 heavy (non-hydrogen) atoms. The van der Waals surface area contributed by atoms with Gasteiger partial charge in [-0.1, -0.05) is 69.2 Å². The molecular weight excluding hydrogens is 342 g/mol. The molecule has 0 aliphatic carbocycles. The van der Waals surface area contributed by atoms with Crippen LogP contribution in [0, 0.1) is 33.5 Å². The maximum atomic E-state index is 3.88. The fraction of sp³-hybridized carbons (Fsp3) is 1.00. The molecule has 1 rings (SSSR count). The molecule has 0 aromatic rings. The third kappa shape index (κ3) is 8.71. The highest BCUT2D eigenvalue weighted by atomic mass is 14.9. The molecule has 1 aliphatic rings. The van der Waals surface area contributed by atoms with E-state index < -0.39 is 0 Å². The average molecular weight is 396 g/mol. The summed E-state index contributed by atoms with van der Waals surface area (Å²) in [6.07, 6.45) is 3.68. The topological polar surface area (TPSA) is 36.1 Å². The van der Waals surface area contributed by atoms with Crippen molar-refractivity contribution in [2.24, 2.45) is 33.5 Å². The van der Waals surface area contributed by atoms with Crippen LogP contribution in [0.2, 0.25) is 0 Å². The smallest absolute Gasteiger partial charge is 0.000852 e. The Kier molecular flexibility index (Phi) is 9.50. The molecule has 0 aromatic carbocycles. The first-order valence-corrected chi connectivity index (χ1v) is 11.8. The van der Waals surface area contributed by atoms with Gasteiger partial charge in [0, 0.05) is 26.2 Å². The minimum absolute atomic E-state index is 0.309. The molecule has 3 heteroatoms. The van der Waals surface area contributed by atoms with Gasteiger partial charge < -0.3 is 16.0 Å². The van der Waals surface area contributed by atoms with Crippen molar-refractivity contribution in [1.29, 1.82) is 0 Å². The Morgan fingerprint density at radius 2 is 1.29 bits per heavy atom. The predicted octanol–water partition coefficient (Wildman–Crippen LogP) is 5.32. The van der Waals surface area contributed by atoms with Crippen molar-refractivity contribution in [2.75, 3.05) is 39.3 Å². The first kappa shape index (κ1) is 25.9. The molecule has 0 aromatic heterocycles. The Bertz CT molecular complexity index is 453. The van der Waals surface area contributed by atoms with Gasteiger partial charge in [0.1, 0.15) is 0 Å². The van der Waals surface area contributed by atoms with E-state index in [1.165, 1.54) is 19.3 Å². The van der Waals surface area contributed by atoms with E-state index in [1.54, 1.807) is 0 Å². The molecule has 2 unspecified atom stereocenters. The Morgan fingerprint density at radius 3 is 1.82 bits per heavy atom. The number of nitrogens with one attached hydrogen (secondary N) is 3. The molecule has 1 heterocycles. The van der Waals surface area contributed by atoms with Gasteiger partial charge >= 0.3 is 0 Å². The van der Waals surface area contributed by atoms with Crippen molar-refractivity contribution in [3.63, 3.8) is 0 Å². The standard InChI is InChI=1S/C25H53N3/c1-11-25(10)19-28-16-22(4,5)12-13-26-17-23(6,7)15-24(8,9)18-27-14-21(25)20(2)3/h20-21,26-28H,11-19H2,1-10H3. The molecule has 0 bridgehead atoms. The highest BCUT2D eigenvalue weighted by Gasteiger charge is 2.36. The van der Waals surface area contributed by atoms with Crippen molar-refractivity contribution in [3.8, 4) is 0 Å². The van der Waals surface area contributed by atoms with Gasteiger partial charge in [-0.25, -0.2) is 0 Å². The summed E-state index contributed by atoms with van der Waals surface area (Å²) in [6, 6.07) is 0. The second-order valence-electron chi connectivity index (χ2n) is 12.7. The molecule has 0 amide bonds. The van der Waals surface area contributed by atoms with Crippen molar-refractivity contribution in [1.82, 2.24) is 16.0 Å². The summed E-state index contributed by atoms with van der Waals surface area (Å²) in [5.74, 6) is 1.38. The molecule has 1 aliphatic heterocycles. The highest BCUT2D eigenvalue weighted by molar-refractivity contribution is 4.89. The molecule has 3 N–H and O–H groups in total. The second kappa shape index (κ2) is 10.3. The maximum Gasteiger partial charge on any atom is 0.000852 e. The fourth-order valence-electron chi connectivity index (χ4n) is 5.42. The first-order chi connectivity index (χ1) is 12.7. The van der Waals surface area contributed by atoms with Crippen LogP contribution < -0.4 is 16.0 Å². The SMILES string of the molecule is CCC1(C)CNCC(C)(C)CCNCC(C)(C)CC(C)(C)CNCC1C(C)C. The maximum absolute atomic E-state index is 3.88. The van der Waals surface area contributed by atoms with Crippen molar-refractivity contribution >= 4 is 0 Å². The van der Waals surface area contributed by atoms with Crippen LogP contribution in [0.4, 0.5) is 0 Å². The van der Waals surface area contributed by atoms with E-state index in [9.17, 15) is 0 Å². The van der Waals surface area contributed by atoms with Crippen LogP contribution in [-0.4, -0.2) is 39.3 Å². The summed E-state index contributed by atoms with van der Waals surface area (Å²) in [4.78, 5) is 0. The first-order valence-electron chi connectivity index (χ1n) is 11.8. The molecule has 0 spiro atoms. The predicted molar refractivity (Wildman–Crippen MR) is 126 cm³/mol. The van der Waals surface area contributed by atoms with E-state index >= 15 is 0 Å². The summed E-state index contributed by atoms with van der Waals surface area (Å²) in [7, 11) is 0. The van der Waals surface area contributed by atoms with Gasteiger partial charge in [-0.05, 0) is 65.8 Å². The minimum atomic E-state index is 0.309. The van der Waals surface area contributed by atoms with Crippen LogP contribution in [0.3, 0.4) is 0 Å². The van der Waals surface area contributed by atoms with Gasteiger partial charge in [0.2, 0.25) is 0 Å². The molecule has 2 atom stereocenters. The monoisotopic (exact) mass is 395 g/mol. The van der Waals surface area contributed by atoms with Crippen molar-refractivity contribution in [3.05, 3.63) is 0 Å². The van der Waals surface area contributed by atoms with Gasteiger partial charge in [-0.3, -0.25) is 0 Å². The molecule has 0 radical (unpaired) electrons. The molecular formula is C25H53N3. The second-order valence-corrected chi connectivity index (χ2v) is 12.7. The zero-order valence-corrected chi connectivity index (χ0v) is 21.0. The third-order valence-electron chi connectivity index (χ3n) is 7.15. The lowest BCUT2D eigenvalue weighted by Gasteiger charge is -2.42. The van der Waals surface area contributed by atoms with Gasteiger partial charge in [0.05, 0.1) is 0 Å². The van der Waals surface area contributed by atoms with Crippen LogP contribution in [0.5, 0.6) is 0 Å². The molecule has 0 saturated carbocycles. The molecule has 1 fully saturated rings. The van der Waals surface area contributed by atoms with Crippen LogP contribution in [0.15, 0.2) is 0 Å². The van der Waals surface area contributed by atoms with E-state index in [0.29, 0.717) is 33.5 Å². The van der Waals surface area contributed by atoms with Crippen molar-refractivity contribution < 1.29 is 0 Å². The summed E-state index contributed by atoms with van der Waals surface area (Å²) in [5.41, 5.74) is 1.29. The quantitative estimate of drug-likeness (QED) is 0.592. The number of rotatable bonds is 2. The third-order valence-corrected chi connectivity index (χ3v) is 7.15. The van der Waals surface area contributed by atoms with E-state index in [2.05, 4.69) is 85.2 Å². The lowest BCUT2D eigenvalue weighted by molar-refractivity contribution is 0.108. The van der Waals surface area contributed by atoms with E-state index in [4.69, 9.17) is 0 Å². The molecule has 1 saturated heterocycles. The zero-order chi connectivity index (χ0) is 21.6. The van der Waals surface area contributed by atoms with E-state index in [0.717, 1.165) is 39.3 Å². The van der Waals surface area contributed by atoms with Crippen molar-refractivity contribution in [2.45, 2.75) is 88.5 Å². The largest absolute Gasteiger partial charge is 0.316 e. The fourth-order valence-corrected chi connectivity index (χ4v) is 5.42. The highest BCUT2D eigenvalue weighted by Crippen LogP contribution is 2.37. The van der Waals surface area contributed by atoms with Gasteiger partial charge in [-0.15, -0.1) is 0 Å². The summed E-state index contributed by atoms with van der Waals surface area (Å²) in [5, 5.41) is 11.5. The summed E-state index contributed by atoms with van der Waals surface area (Å²) >= 11 is 0. The summed E-state index contributed by atoms with van der Waals surface area (Å²) in [6.45, 7) is 30.8. The number of hydrogen-bond donors (Lipinski definition) is 3. The van der Waals surface area contributed by atoms with Crippen LogP contribution >= 0.6 is 0 Å². The van der Waals surface area contributed by atoms with Gasteiger partial charge in [0.15, 0.2) is 0 Å². The normalized spacial score (nSPS) is 32.9. The molecule has 168 valence electrons. The number of hydrogen-bond acceptors (Lipinski definition) is 3. The van der Waals surface area contributed by atoms with E-state index in [-0.39, 0.29) is 0 Å². The van der Waals surface area contributed by atoms with Gasteiger partial charge in [0.25, 0.3) is 0 Å². The average Bonchev–Trinajstić information content (AvgIpc) is 2.53. The molecule has 3 nitrogen and oxygen atoms in total. The van der Waals surface area contributed by atoms with Crippen LogP contribution in [0.1, 0.15) is 88.5 Å². The Labute approximate surface area is 177 Å². The Morgan fingerprint density at radius 1 is 0.750 bits per heavy atom. The zero-order valence-electron chi connectivity index (χ0n) is 21.0.